The van der Waals surface area contributed by atoms with E-state index in [1.165, 1.54) is 0 Å². The van der Waals surface area contributed by atoms with Crippen LogP contribution in [0.15, 0.2) is 73.3 Å². The fourth-order valence-electron chi connectivity index (χ4n) is 2.30. The second kappa shape index (κ2) is 8.27. The summed E-state index contributed by atoms with van der Waals surface area (Å²) in [5.41, 5.74) is 1.77. The summed E-state index contributed by atoms with van der Waals surface area (Å²) < 4.78 is 0. The first-order valence-corrected chi connectivity index (χ1v) is 8.40. The van der Waals surface area contributed by atoms with E-state index in [4.69, 9.17) is 11.6 Å². The van der Waals surface area contributed by atoms with Crippen LogP contribution in [0.5, 0.6) is 0 Å². The van der Waals surface area contributed by atoms with Gasteiger partial charge in [-0.2, -0.15) is 0 Å². The number of rotatable bonds is 6. The number of nitrogens with one attached hydrogen (secondary N) is 2. The first-order chi connectivity index (χ1) is 12.7. The molecule has 5 nitrogen and oxygen atoms in total. The quantitative estimate of drug-likeness (QED) is 0.634. The molecule has 3 aromatic rings. The highest BCUT2D eigenvalue weighted by Gasteiger charge is 2.13. The van der Waals surface area contributed by atoms with Crippen molar-refractivity contribution in [1.29, 1.82) is 0 Å². The maximum atomic E-state index is 12.4. The molecule has 6 heteroatoms. The van der Waals surface area contributed by atoms with E-state index in [-0.39, 0.29) is 11.6 Å². The second-order valence-electron chi connectivity index (χ2n) is 5.43. The largest absolute Gasteiger partial charge is 0.347 e. The van der Waals surface area contributed by atoms with Crippen molar-refractivity contribution in [2.24, 2.45) is 0 Å². The van der Waals surface area contributed by atoms with Crippen LogP contribution in [0, 0.1) is 0 Å². The van der Waals surface area contributed by atoms with Gasteiger partial charge in [-0.05, 0) is 12.1 Å². The summed E-state index contributed by atoms with van der Waals surface area (Å²) in [5.74, 6) is 0.633. The summed E-state index contributed by atoms with van der Waals surface area (Å²) in [6.07, 6.45) is 1.61. The monoisotopic (exact) mass is 364 g/mol. The number of amides is 1. The Morgan fingerprint density at radius 3 is 2.54 bits per heavy atom. The topological polar surface area (TPSA) is 66.9 Å². The number of hydrogen-bond acceptors (Lipinski definition) is 4. The predicted octanol–water partition coefficient (Wildman–Crippen LogP) is 4.46. The lowest BCUT2D eigenvalue weighted by atomic mass is 10.2. The Labute approximate surface area is 156 Å². The van der Waals surface area contributed by atoms with Crippen molar-refractivity contribution in [3.8, 4) is 11.4 Å². The van der Waals surface area contributed by atoms with E-state index in [0.29, 0.717) is 28.9 Å². The standard InChI is InChI=1S/C20H17ClN4O/c1-2-12-22-20(26)17-13-18(23-16-11-7-6-10-15(16)21)25-19(24-17)14-8-4-3-5-9-14/h2-11,13H,1,12H2,(H,22,26)(H,23,24,25). The van der Waals surface area contributed by atoms with Gasteiger partial charge in [0.15, 0.2) is 5.82 Å². The number of carbonyl (C=O) groups is 1. The van der Waals surface area contributed by atoms with Crippen LogP contribution in [0.3, 0.4) is 0 Å². The number of aromatic nitrogens is 2. The number of anilines is 2. The Kier molecular flexibility index (Phi) is 5.61. The lowest BCUT2D eigenvalue weighted by Crippen LogP contribution is -2.24. The minimum Gasteiger partial charge on any atom is -0.347 e. The summed E-state index contributed by atoms with van der Waals surface area (Å²) in [4.78, 5) is 21.3. The van der Waals surface area contributed by atoms with Crippen molar-refractivity contribution in [3.63, 3.8) is 0 Å². The third-order valence-corrected chi connectivity index (χ3v) is 3.86. The van der Waals surface area contributed by atoms with Gasteiger partial charge >= 0.3 is 0 Å². The normalized spacial score (nSPS) is 10.2. The van der Waals surface area contributed by atoms with E-state index in [1.54, 1.807) is 18.2 Å². The van der Waals surface area contributed by atoms with Gasteiger partial charge in [0.25, 0.3) is 5.91 Å². The fraction of sp³-hybridized carbons (Fsp3) is 0.0500. The predicted molar refractivity (Wildman–Crippen MR) is 105 cm³/mol. The van der Waals surface area contributed by atoms with E-state index in [2.05, 4.69) is 27.2 Å². The summed E-state index contributed by atoms with van der Waals surface area (Å²) in [6.45, 7) is 3.96. The molecule has 0 aliphatic rings. The molecule has 2 N–H and O–H groups in total. The molecule has 0 saturated carbocycles. The third-order valence-electron chi connectivity index (χ3n) is 3.53. The molecule has 1 aromatic heterocycles. The maximum absolute atomic E-state index is 12.4. The first-order valence-electron chi connectivity index (χ1n) is 8.02. The maximum Gasteiger partial charge on any atom is 0.270 e. The number of benzene rings is 2. The molecule has 1 amide bonds. The molecule has 130 valence electrons. The number of nitrogens with zero attached hydrogens (tertiary/aromatic N) is 2. The van der Waals surface area contributed by atoms with Crippen molar-refractivity contribution in [1.82, 2.24) is 15.3 Å². The van der Waals surface area contributed by atoms with E-state index >= 15 is 0 Å². The van der Waals surface area contributed by atoms with Crippen LogP contribution in [-0.4, -0.2) is 22.4 Å². The van der Waals surface area contributed by atoms with Crippen molar-refractivity contribution >= 4 is 29.0 Å². The van der Waals surface area contributed by atoms with Crippen LogP contribution in [0.4, 0.5) is 11.5 Å². The molecule has 26 heavy (non-hydrogen) atoms. The molecule has 0 aliphatic carbocycles. The Hall–Kier alpha value is -3.18. The van der Waals surface area contributed by atoms with Crippen molar-refractivity contribution in [3.05, 3.63) is 84.0 Å². The molecular weight excluding hydrogens is 348 g/mol. The smallest absolute Gasteiger partial charge is 0.270 e. The number of hydrogen-bond donors (Lipinski definition) is 2. The second-order valence-corrected chi connectivity index (χ2v) is 5.84. The van der Waals surface area contributed by atoms with Gasteiger partial charge in [-0.15, -0.1) is 6.58 Å². The fourth-order valence-corrected chi connectivity index (χ4v) is 2.48. The average molecular weight is 365 g/mol. The minimum absolute atomic E-state index is 0.259. The molecule has 0 spiro atoms. The van der Waals surface area contributed by atoms with Crippen molar-refractivity contribution < 1.29 is 4.79 Å². The van der Waals surface area contributed by atoms with Gasteiger partial charge < -0.3 is 10.6 Å². The highest BCUT2D eigenvalue weighted by atomic mass is 35.5. The number of para-hydroxylation sites is 1. The minimum atomic E-state index is -0.299. The van der Waals surface area contributed by atoms with Crippen LogP contribution in [0.25, 0.3) is 11.4 Å². The summed E-state index contributed by atoms with van der Waals surface area (Å²) in [6, 6.07) is 18.4. The lowest BCUT2D eigenvalue weighted by molar-refractivity contribution is 0.0953. The van der Waals surface area contributed by atoms with Gasteiger partial charge in [-0.25, -0.2) is 9.97 Å². The lowest BCUT2D eigenvalue weighted by Gasteiger charge is -2.11. The third kappa shape index (κ3) is 4.26. The first kappa shape index (κ1) is 17.6. The Balaban J connectivity index is 2.01. The molecule has 0 saturated heterocycles. The van der Waals surface area contributed by atoms with Gasteiger partial charge in [-0.3, -0.25) is 4.79 Å². The SMILES string of the molecule is C=CCNC(=O)c1cc(Nc2ccccc2Cl)nc(-c2ccccc2)n1. The molecule has 0 atom stereocenters. The summed E-state index contributed by atoms with van der Waals surface area (Å²) in [7, 11) is 0. The summed E-state index contributed by atoms with van der Waals surface area (Å²) >= 11 is 6.21. The van der Waals surface area contributed by atoms with Gasteiger partial charge in [0.1, 0.15) is 11.5 Å². The summed E-state index contributed by atoms with van der Waals surface area (Å²) in [5, 5.41) is 6.44. The molecule has 0 fully saturated rings. The van der Waals surface area contributed by atoms with Crippen LogP contribution in [0.1, 0.15) is 10.5 Å². The van der Waals surface area contributed by atoms with Gasteiger partial charge in [0.05, 0.1) is 10.7 Å². The van der Waals surface area contributed by atoms with Crippen LogP contribution in [-0.2, 0) is 0 Å². The molecule has 0 radical (unpaired) electrons. The molecule has 0 aliphatic heterocycles. The zero-order valence-corrected chi connectivity index (χ0v) is 14.7. The zero-order chi connectivity index (χ0) is 18.4. The molecule has 0 bridgehead atoms. The van der Waals surface area contributed by atoms with E-state index in [9.17, 15) is 4.79 Å². The van der Waals surface area contributed by atoms with Gasteiger partial charge in [-0.1, -0.05) is 60.1 Å². The van der Waals surface area contributed by atoms with Crippen LogP contribution in [0.2, 0.25) is 5.02 Å². The highest BCUT2D eigenvalue weighted by molar-refractivity contribution is 6.33. The van der Waals surface area contributed by atoms with E-state index in [0.717, 1.165) is 5.56 Å². The van der Waals surface area contributed by atoms with E-state index in [1.807, 2.05) is 48.5 Å². The van der Waals surface area contributed by atoms with Crippen LogP contribution < -0.4 is 10.6 Å². The molecule has 0 unspecified atom stereocenters. The van der Waals surface area contributed by atoms with Crippen LogP contribution >= 0.6 is 11.6 Å². The Morgan fingerprint density at radius 1 is 1.08 bits per heavy atom. The van der Waals surface area contributed by atoms with Crippen molar-refractivity contribution in [2.75, 3.05) is 11.9 Å². The molecule has 2 aromatic carbocycles. The number of halogens is 1. The number of carbonyl (C=O) groups excluding carboxylic acids is 1. The van der Waals surface area contributed by atoms with E-state index < -0.39 is 0 Å². The highest BCUT2D eigenvalue weighted by Crippen LogP contribution is 2.25. The molecular formula is C20H17ClN4O. The molecule has 1 heterocycles. The Bertz CT molecular complexity index is 928. The van der Waals surface area contributed by atoms with Crippen molar-refractivity contribution in [2.45, 2.75) is 0 Å². The average Bonchev–Trinajstić information content (AvgIpc) is 2.68. The van der Waals surface area contributed by atoms with Gasteiger partial charge in [0, 0.05) is 18.2 Å². The van der Waals surface area contributed by atoms with Gasteiger partial charge in [0.2, 0.25) is 0 Å². The molecule has 3 rings (SSSR count). The zero-order valence-electron chi connectivity index (χ0n) is 13.9. The Morgan fingerprint density at radius 2 is 1.81 bits per heavy atom.